The minimum atomic E-state index is -0.444. The van der Waals surface area contributed by atoms with Crippen LogP contribution in [0.3, 0.4) is 0 Å². The molecule has 1 aliphatic rings. The van der Waals surface area contributed by atoms with Crippen LogP contribution in [0.1, 0.15) is 56.6 Å². The number of ether oxygens (including phenoxy) is 2. The number of nitrogens with zero attached hydrogens (tertiary/aromatic N) is 2. The zero-order chi connectivity index (χ0) is 19.0. The first-order chi connectivity index (χ1) is 12.3. The van der Waals surface area contributed by atoms with Gasteiger partial charge in [0.1, 0.15) is 11.7 Å². The molecule has 1 fully saturated rings. The van der Waals surface area contributed by atoms with Crippen LogP contribution in [-0.4, -0.2) is 33.3 Å². The zero-order valence-electron chi connectivity index (χ0n) is 16.0. The fraction of sp³-hybridized carbons (Fsp3) is 0.632. The van der Waals surface area contributed by atoms with E-state index >= 15 is 0 Å². The summed E-state index contributed by atoms with van der Waals surface area (Å²) in [6.07, 6.45) is 1.96. The average Bonchev–Trinajstić information content (AvgIpc) is 2.88. The number of nitrogens with one attached hydrogen (secondary N) is 1. The number of esters is 1. The standard InChI is InChI=1S/C19H27N3O4/c1-6-25-14-9-15(23)22-18(20-14)16(13(5)21-22)19(24)26-17-11(3)7-10(2)8-12(17)4/h9-12,17,21H,6-8H2,1-5H3. The van der Waals surface area contributed by atoms with E-state index in [1.54, 1.807) is 6.92 Å². The van der Waals surface area contributed by atoms with Crippen LogP contribution in [0, 0.1) is 24.7 Å². The number of aromatic amines is 1. The molecule has 7 heteroatoms. The van der Waals surface area contributed by atoms with Gasteiger partial charge in [0.05, 0.1) is 12.7 Å². The molecule has 0 saturated heterocycles. The number of fused-ring (bicyclic) bond motifs is 1. The molecule has 0 spiro atoms. The van der Waals surface area contributed by atoms with Crippen molar-refractivity contribution in [2.45, 2.75) is 53.6 Å². The van der Waals surface area contributed by atoms with E-state index in [0.29, 0.717) is 35.6 Å². The molecule has 0 aliphatic heterocycles. The molecule has 2 aromatic rings. The van der Waals surface area contributed by atoms with Crippen LogP contribution in [0.25, 0.3) is 5.65 Å². The van der Waals surface area contributed by atoms with Gasteiger partial charge in [0.25, 0.3) is 5.56 Å². The number of aryl methyl sites for hydroxylation is 1. The van der Waals surface area contributed by atoms with E-state index < -0.39 is 5.97 Å². The molecule has 2 unspecified atom stereocenters. The van der Waals surface area contributed by atoms with E-state index in [4.69, 9.17) is 9.47 Å². The molecule has 1 saturated carbocycles. The van der Waals surface area contributed by atoms with Gasteiger partial charge in [-0.2, -0.15) is 4.98 Å². The maximum absolute atomic E-state index is 12.9. The van der Waals surface area contributed by atoms with E-state index in [1.807, 2.05) is 6.92 Å². The number of H-pyrrole nitrogens is 1. The second-order valence-electron chi connectivity index (χ2n) is 7.54. The Kier molecular flexibility index (Phi) is 5.07. The van der Waals surface area contributed by atoms with Gasteiger partial charge in [0.15, 0.2) is 5.65 Å². The van der Waals surface area contributed by atoms with E-state index in [9.17, 15) is 9.59 Å². The largest absolute Gasteiger partial charge is 0.478 e. The molecule has 0 aromatic carbocycles. The van der Waals surface area contributed by atoms with Gasteiger partial charge < -0.3 is 9.47 Å². The second-order valence-corrected chi connectivity index (χ2v) is 7.54. The zero-order valence-corrected chi connectivity index (χ0v) is 16.0. The second kappa shape index (κ2) is 7.13. The molecule has 0 radical (unpaired) electrons. The Morgan fingerprint density at radius 3 is 2.58 bits per heavy atom. The van der Waals surface area contributed by atoms with E-state index in [2.05, 4.69) is 30.9 Å². The number of rotatable bonds is 4. The molecule has 26 heavy (non-hydrogen) atoms. The minimum absolute atomic E-state index is 0.130. The first-order valence-electron chi connectivity index (χ1n) is 9.28. The lowest BCUT2D eigenvalue weighted by Gasteiger charge is -2.37. The SMILES string of the molecule is CCOc1cc(=O)n2[nH]c(C)c(C(=O)OC3C(C)CC(C)CC3C)c2n1. The van der Waals surface area contributed by atoms with Crippen molar-refractivity contribution in [3.8, 4) is 5.88 Å². The summed E-state index contributed by atoms with van der Waals surface area (Å²) < 4.78 is 12.5. The highest BCUT2D eigenvalue weighted by atomic mass is 16.5. The predicted octanol–water partition coefficient (Wildman–Crippen LogP) is 2.96. The van der Waals surface area contributed by atoms with Crippen LogP contribution >= 0.6 is 0 Å². The molecule has 2 heterocycles. The van der Waals surface area contributed by atoms with Crippen LogP contribution in [0.15, 0.2) is 10.9 Å². The summed E-state index contributed by atoms with van der Waals surface area (Å²) in [6.45, 7) is 10.4. The Labute approximate surface area is 152 Å². The van der Waals surface area contributed by atoms with E-state index in [0.717, 1.165) is 12.8 Å². The van der Waals surface area contributed by atoms with E-state index in [1.165, 1.54) is 10.6 Å². The number of hydrogen-bond donors (Lipinski definition) is 1. The van der Waals surface area contributed by atoms with Crippen molar-refractivity contribution in [1.29, 1.82) is 0 Å². The van der Waals surface area contributed by atoms with Crippen molar-refractivity contribution >= 4 is 11.6 Å². The lowest BCUT2D eigenvalue weighted by molar-refractivity contribution is -0.0251. The third-order valence-corrected chi connectivity index (χ3v) is 5.18. The van der Waals surface area contributed by atoms with E-state index in [-0.39, 0.29) is 23.2 Å². The monoisotopic (exact) mass is 361 g/mol. The van der Waals surface area contributed by atoms with Gasteiger partial charge >= 0.3 is 5.97 Å². The molecule has 1 aliphatic carbocycles. The van der Waals surface area contributed by atoms with Crippen LogP contribution < -0.4 is 10.3 Å². The summed E-state index contributed by atoms with van der Waals surface area (Å²) in [5.74, 6) is 1.01. The lowest BCUT2D eigenvalue weighted by atomic mass is 9.75. The molecule has 0 bridgehead atoms. The highest BCUT2D eigenvalue weighted by molar-refractivity contribution is 5.97. The van der Waals surface area contributed by atoms with Crippen molar-refractivity contribution in [3.05, 3.63) is 27.7 Å². The van der Waals surface area contributed by atoms with Gasteiger partial charge in [-0.25, -0.2) is 9.31 Å². The molecule has 2 atom stereocenters. The molecule has 0 amide bonds. The Hall–Kier alpha value is -2.31. The lowest BCUT2D eigenvalue weighted by Crippen LogP contribution is -2.37. The summed E-state index contributed by atoms with van der Waals surface area (Å²) in [7, 11) is 0. The van der Waals surface area contributed by atoms with Gasteiger partial charge in [-0.15, -0.1) is 0 Å². The van der Waals surface area contributed by atoms with Crippen LogP contribution in [0.5, 0.6) is 5.88 Å². The molecular formula is C19H27N3O4. The van der Waals surface area contributed by atoms with Gasteiger partial charge in [-0.05, 0) is 44.4 Å². The Balaban J connectivity index is 1.95. The average molecular weight is 361 g/mol. The number of carbonyl (C=O) groups is 1. The van der Waals surface area contributed by atoms with Gasteiger partial charge in [0, 0.05) is 5.69 Å². The van der Waals surface area contributed by atoms with Gasteiger partial charge in [0.2, 0.25) is 5.88 Å². The molecule has 7 nitrogen and oxygen atoms in total. The maximum atomic E-state index is 12.9. The van der Waals surface area contributed by atoms with Crippen molar-refractivity contribution in [2.75, 3.05) is 6.61 Å². The summed E-state index contributed by atoms with van der Waals surface area (Å²) in [5.41, 5.74) is 0.765. The molecule has 2 aromatic heterocycles. The summed E-state index contributed by atoms with van der Waals surface area (Å²) in [4.78, 5) is 29.5. The fourth-order valence-electron chi connectivity index (χ4n) is 4.20. The smallest absolute Gasteiger partial charge is 0.344 e. The Morgan fingerprint density at radius 1 is 1.31 bits per heavy atom. The van der Waals surface area contributed by atoms with Crippen LogP contribution in [0.4, 0.5) is 0 Å². The first kappa shape index (κ1) is 18.5. The van der Waals surface area contributed by atoms with Crippen molar-refractivity contribution in [3.63, 3.8) is 0 Å². The molecule has 3 rings (SSSR count). The van der Waals surface area contributed by atoms with Crippen LogP contribution in [-0.2, 0) is 4.74 Å². The molecule has 142 valence electrons. The predicted molar refractivity (Wildman–Crippen MR) is 97.6 cm³/mol. The maximum Gasteiger partial charge on any atom is 0.344 e. The number of aromatic nitrogens is 3. The van der Waals surface area contributed by atoms with Crippen molar-refractivity contribution < 1.29 is 14.3 Å². The summed E-state index contributed by atoms with van der Waals surface area (Å²) >= 11 is 0. The fourth-order valence-corrected chi connectivity index (χ4v) is 4.20. The Morgan fingerprint density at radius 2 is 1.96 bits per heavy atom. The van der Waals surface area contributed by atoms with Gasteiger partial charge in [-0.3, -0.25) is 9.89 Å². The highest BCUT2D eigenvalue weighted by Crippen LogP contribution is 2.35. The van der Waals surface area contributed by atoms with Gasteiger partial charge in [-0.1, -0.05) is 20.8 Å². The van der Waals surface area contributed by atoms with Crippen molar-refractivity contribution in [2.24, 2.45) is 17.8 Å². The highest BCUT2D eigenvalue weighted by Gasteiger charge is 2.35. The third kappa shape index (κ3) is 3.34. The quantitative estimate of drug-likeness (QED) is 0.846. The normalized spacial score (nSPS) is 26.0. The minimum Gasteiger partial charge on any atom is -0.478 e. The molecular weight excluding hydrogens is 334 g/mol. The third-order valence-electron chi connectivity index (χ3n) is 5.18. The first-order valence-corrected chi connectivity index (χ1v) is 9.28. The summed E-state index contributed by atoms with van der Waals surface area (Å²) in [5, 5.41) is 2.90. The summed E-state index contributed by atoms with van der Waals surface area (Å²) in [6, 6.07) is 1.30. The molecule has 1 N–H and O–H groups in total. The Bertz CT molecular complexity index is 858. The topological polar surface area (TPSA) is 85.7 Å². The van der Waals surface area contributed by atoms with Crippen LogP contribution in [0.2, 0.25) is 0 Å². The number of hydrogen-bond acceptors (Lipinski definition) is 5. The van der Waals surface area contributed by atoms with Crippen molar-refractivity contribution in [1.82, 2.24) is 14.6 Å². The number of carbonyl (C=O) groups excluding carboxylic acids is 1.